The molecular formula is C32H25FN4O. The lowest BCUT2D eigenvalue weighted by molar-refractivity contribution is -0.121. The molecule has 0 amide bonds. The second kappa shape index (κ2) is 9.11. The molecule has 0 unspecified atom stereocenters. The standard InChI is InChI=1S/C32H25FN4O/c1-19-25-13-12-24-28(23-10-6-7-11-26(23)33)36-31(37-30(24)32(25,2)17-22(18-34)29(19)38)21-14-15-35-27(16-21)20-8-4-3-5-9-20/h3-11,14-17,19,25H,12-13H2,1-2H3/t19-,25-,32-/m1/s1. The Balaban J connectivity index is 1.62. The van der Waals surface area contributed by atoms with Crippen molar-refractivity contribution in [3.05, 3.63) is 102 Å². The molecule has 2 aromatic heterocycles. The topological polar surface area (TPSA) is 79.5 Å². The van der Waals surface area contributed by atoms with Crippen molar-refractivity contribution >= 4 is 5.78 Å². The number of nitrogens with zero attached hydrogens (tertiary/aromatic N) is 4. The van der Waals surface area contributed by atoms with Gasteiger partial charge in [0, 0.05) is 39.8 Å². The average Bonchev–Trinajstić information content (AvgIpc) is 2.95. The minimum Gasteiger partial charge on any atom is -0.293 e. The molecular weight excluding hydrogens is 475 g/mol. The molecule has 6 heteroatoms. The number of benzene rings is 2. The second-order valence-corrected chi connectivity index (χ2v) is 10.2. The quantitative estimate of drug-likeness (QED) is 0.321. The van der Waals surface area contributed by atoms with Crippen molar-refractivity contribution in [2.24, 2.45) is 11.8 Å². The molecule has 6 rings (SSSR count). The monoisotopic (exact) mass is 500 g/mol. The van der Waals surface area contributed by atoms with Crippen LogP contribution in [0.25, 0.3) is 33.9 Å². The highest BCUT2D eigenvalue weighted by molar-refractivity contribution is 6.02. The molecule has 38 heavy (non-hydrogen) atoms. The minimum absolute atomic E-state index is 0.0202. The van der Waals surface area contributed by atoms with E-state index >= 15 is 4.39 Å². The molecule has 0 radical (unpaired) electrons. The first-order chi connectivity index (χ1) is 18.4. The van der Waals surface area contributed by atoms with Gasteiger partial charge in [0.05, 0.1) is 22.7 Å². The first kappa shape index (κ1) is 23.9. The summed E-state index contributed by atoms with van der Waals surface area (Å²) >= 11 is 0. The molecule has 0 aliphatic heterocycles. The number of rotatable bonds is 3. The molecule has 0 saturated carbocycles. The van der Waals surface area contributed by atoms with Crippen LogP contribution in [0.2, 0.25) is 0 Å². The van der Waals surface area contributed by atoms with Crippen LogP contribution in [-0.4, -0.2) is 20.7 Å². The van der Waals surface area contributed by atoms with E-state index in [9.17, 15) is 10.1 Å². The predicted octanol–water partition coefficient (Wildman–Crippen LogP) is 6.50. The largest absolute Gasteiger partial charge is 0.293 e. The lowest BCUT2D eigenvalue weighted by atomic mass is 9.57. The number of carbonyl (C=O) groups is 1. The number of fused-ring (bicyclic) bond motifs is 3. The van der Waals surface area contributed by atoms with E-state index in [-0.39, 0.29) is 29.0 Å². The van der Waals surface area contributed by atoms with Crippen LogP contribution >= 0.6 is 0 Å². The number of hydrogen-bond donors (Lipinski definition) is 0. The fourth-order valence-electron chi connectivity index (χ4n) is 6.11. The molecule has 5 nitrogen and oxygen atoms in total. The molecule has 3 atom stereocenters. The molecule has 0 N–H and O–H groups in total. The van der Waals surface area contributed by atoms with Crippen LogP contribution in [-0.2, 0) is 16.6 Å². The first-order valence-corrected chi connectivity index (χ1v) is 12.8. The highest BCUT2D eigenvalue weighted by atomic mass is 19.1. The number of aromatic nitrogens is 3. The highest BCUT2D eigenvalue weighted by Crippen LogP contribution is 2.51. The smallest absolute Gasteiger partial charge is 0.176 e. The van der Waals surface area contributed by atoms with Crippen molar-refractivity contribution in [3.8, 4) is 40.0 Å². The van der Waals surface area contributed by atoms with Crippen LogP contribution in [0.4, 0.5) is 4.39 Å². The molecule has 2 aliphatic rings. The molecule has 0 fully saturated rings. The van der Waals surface area contributed by atoms with E-state index in [1.807, 2.05) is 56.3 Å². The number of nitriles is 1. The SMILES string of the molecule is C[C@H]1C(=O)C(C#N)=C[C@@]2(C)c3nc(-c4ccnc(-c5ccccc5)c4)nc(-c4ccccc4F)c3CC[C@H]12. The minimum atomic E-state index is -0.668. The molecule has 2 aliphatic carbocycles. The summed E-state index contributed by atoms with van der Waals surface area (Å²) in [6.07, 6.45) is 4.85. The van der Waals surface area contributed by atoms with Crippen molar-refractivity contribution in [1.82, 2.24) is 15.0 Å². The van der Waals surface area contributed by atoms with E-state index in [1.165, 1.54) is 6.07 Å². The van der Waals surface area contributed by atoms with Crippen molar-refractivity contribution < 1.29 is 9.18 Å². The summed E-state index contributed by atoms with van der Waals surface area (Å²) in [6.45, 7) is 3.94. The van der Waals surface area contributed by atoms with E-state index in [0.29, 0.717) is 23.5 Å². The van der Waals surface area contributed by atoms with Gasteiger partial charge in [-0.25, -0.2) is 14.4 Å². The van der Waals surface area contributed by atoms with Gasteiger partial charge < -0.3 is 0 Å². The van der Waals surface area contributed by atoms with Gasteiger partial charge in [0.1, 0.15) is 11.9 Å². The van der Waals surface area contributed by atoms with Crippen LogP contribution in [0.15, 0.2) is 84.6 Å². The number of allylic oxidation sites excluding steroid dienone is 2. The maximum Gasteiger partial charge on any atom is 0.176 e. The number of halogens is 1. The normalized spacial score (nSPS) is 22.2. The van der Waals surface area contributed by atoms with E-state index in [0.717, 1.165) is 34.5 Å². The average molecular weight is 501 g/mol. The van der Waals surface area contributed by atoms with Gasteiger partial charge in [-0.2, -0.15) is 5.26 Å². The Kier molecular flexibility index (Phi) is 5.72. The lowest BCUT2D eigenvalue weighted by Gasteiger charge is -2.45. The van der Waals surface area contributed by atoms with E-state index < -0.39 is 5.41 Å². The third-order valence-corrected chi connectivity index (χ3v) is 8.06. The van der Waals surface area contributed by atoms with Crippen LogP contribution in [0.3, 0.4) is 0 Å². The Hall–Kier alpha value is -4.50. The van der Waals surface area contributed by atoms with Crippen molar-refractivity contribution in [2.45, 2.75) is 32.1 Å². The van der Waals surface area contributed by atoms with Gasteiger partial charge in [-0.1, -0.05) is 62.4 Å². The summed E-state index contributed by atoms with van der Waals surface area (Å²) < 4.78 is 15.2. The Morgan fingerprint density at radius 1 is 1.03 bits per heavy atom. The van der Waals surface area contributed by atoms with Crippen LogP contribution in [0, 0.1) is 29.0 Å². The van der Waals surface area contributed by atoms with Gasteiger partial charge in [-0.05, 0) is 43.0 Å². The summed E-state index contributed by atoms with van der Waals surface area (Å²) in [5.41, 5.74) is 4.58. The van der Waals surface area contributed by atoms with Gasteiger partial charge in [0.2, 0.25) is 0 Å². The number of Topliss-reactive ketones (excluding diaryl/α,β-unsaturated/α-hetero) is 1. The van der Waals surface area contributed by atoms with Crippen molar-refractivity contribution in [1.29, 1.82) is 5.26 Å². The van der Waals surface area contributed by atoms with E-state index in [1.54, 1.807) is 30.5 Å². The maximum absolute atomic E-state index is 15.2. The van der Waals surface area contributed by atoms with Gasteiger partial charge in [0.15, 0.2) is 11.6 Å². The van der Waals surface area contributed by atoms with Crippen LogP contribution in [0.1, 0.15) is 31.5 Å². The Morgan fingerprint density at radius 2 is 1.79 bits per heavy atom. The number of ketones is 1. The van der Waals surface area contributed by atoms with Gasteiger partial charge >= 0.3 is 0 Å². The number of carbonyl (C=O) groups excluding carboxylic acids is 1. The fourth-order valence-corrected chi connectivity index (χ4v) is 6.11. The molecule has 0 bridgehead atoms. The van der Waals surface area contributed by atoms with E-state index in [2.05, 4.69) is 11.1 Å². The van der Waals surface area contributed by atoms with Gasteiger partial charge in [0.25, 0.3) is 0 Å². The summed E-state index contributed by atoms with van der Waals surface area (Å²) in [7, 11) is 0. The summed E-state index contributed by atoms with van der Waals surface area (Å²) in [5.74, 6) is -0.350. The van der Waals surface area contributed by atoms with Crippen LogP contribution < -0.4 is 0 Å². The van der Waals surface area contributed by atoms with Gasteiger partial charge in [-0.15, -0.1) is 0 Å². The second-order valence-electron chi connectivity index (χ2n) is 10.2. The fraction of sp³-hybridized carbons (Fsp3) is 0.219. The number of pyridine rings is 1. The summed E-state index contributed by atoms with van der Waals surface area (Å²) in [5, 5.41) is 9.74. The summed E-state index contributed by atoms with van der Waals surface area (Å²) in [6, 6.07) is 22.4. The zero-order valence-electron chi connectivity index (χ0n) is 21.1. The Labute approximate surface area is 220 Å². The maximum atomic E-state index is 15.2. The predicted molar refractivity (Wildman–Crippen MR) is 143 cm³/mol. The third-order valence-electron chi connectivity index (χ3n) is 8.06. The van der Waals surface area contributed by atoms with E-state index in [4.69, 9.17) is 9.97 Å². The molecule has 186 valence electrons. The summed E-state index contributed by atoms with van der Waals surface area (Å²) in [4.78, 5) is 27.4. The molecule has 2 aromatic carbocycles. The molecule has 2 heterocycles. The zero-order chi connectivity index (χ0) is 26.4. The zero-order valence-corrected chi connectivity index (χ0v) is 21.1. The highest BCUT2D eigenvalue weighted by Gasteiger charge is 2.49. The molecule has 4 aromatic rings. The molecule has 0 spiro atoms. The Bertz CT molecular complexity index is 1660. The van der Waals surface area contributed by atoms with Crippen molar-refractivity contribution in [3.63, 3.8) is 0 Å². The first-order valence-electron chi connectivity index (χ1n) is 12.8. The molecule has 0 saturated heterocycles. The number of hydrogen-bond acceptors (Lipinski definition) is 5. The van der Waals surface area contributed by atoms with Crippen LogP contribution in [0.5, 0.6) is 0 Å². The lowest BCUT2D eigenvalue weighted by Crippen LogP contribution is -2.46. The van der Waals surface area contributed by atoms with Gasteiger partial charge in [-0.3, -0.25) is 9.78 Å². The third kappa shape index (κ3) is 3.74. The van der Waals surface area contributed by atoms with Crippen molar-refractivity contribution in [2.75, 3.05) is 0 Å². The Morgan fingerprint density at radius 3 is 2.55 bits per heavy atom.